The van der Waals surface area contributed by atoms with Crippen LogP contribution >= 0.6 is 0 Å². The Bertz CT molecular complexity index is 993. The summed E-state index contributed by atoms with van der Waals surface area (Å²) in [6.07, 6.45) is 13.1. The van der Waals surface area contributed by atoms with E-state index >= 15 is 0 Å². The van der Waals surface area contributed by atoms with Gasteiger partial charge in [-0.3, -0.25) is 0 Å². The molecule has 3 heteroatoms. The lowest BCUT2D eigenvalue weighted by Crippen LogP contribution is -2.48. The van der Waals surface area contributed by atoms with Gasteiger partial charge in [-0.15, -0.1) is 11.5 Å². The lowest BCUT2D eigenvalue weighted by molar-refractivity contribution is 0.236. The molecule has 148 valence electrons. The van der Waals surface area contributed by atoms with Gasteiger partial charge in [0, 0.05) is 11.1 Å². The second-order valence-electron chi connectivity index (χ2n) is 7.35. The molecule has 0 bridgehead atoms. The zero-order valence-corrected chi connectivity index (χ0v) is 16.7. The fourth-order valence-electron chi connectivity index (χ4n) is 3.66. The number of hydrogen-bond acceptors (Lipinski definition) is 1. The predicted octanol–water partition coefficient (Wildman–Crippen LogP) is 4.81. The van der Waals surface area contributed by atoms with Crippen molar-refractivity contribution in [2.75, 3.05) is 0 Å². The Balaban J connectivity index is 1.47. The zero-order valence-electron chi connectivity index (χ0n) is 16.7. The number of hydrogen-bond donors (Lipinski definition) is 2. The molecule has 2 aromatic rings. The maximum atomic E-state index is 13.0. The first-order valence-corrected chi connectivity index (χ1v) is 10.2. The summed E-state index contributed by atoms with van der Waals surface area (Å²) in [5, 5.41) is 6.30. The lowest BCUT2D eigenvalue weighted by Gasteiger charge is -2.23. The second kappa shape index (κ2) is 9.62. The van der Waals surface area contributed by atoms with Gasteiger partial charge in [0.05, 0.1) is 12.1 Å². The summed E-state index contributed by atoms with van der Waals surface area (Å²) in [5.74, 6) is 0. The highest BCUT2D eigenvalue weighted by Gasteiger charge is 2.21. The number of benzene rings is 2. The minimum atomic E-state index is -0.193. The Hall–Kier alpha value is -3.77. The first-order chi connectivity index (χ1) is 14.8. The molecule has 2 aromatic carbocycles. The number of carbonyl (C=O) groups excluding carboxylic acids is 1. The van der Waals surface area contributed by atoms with Gasteiger partial charge in [0.2, 0.25) is 0 Å². The maximum absolute atomic E-state index is 13.0. The number of nitrogens with one attached hydrogen (secondary N) is 2. The second-order valence-corrected chi connectivity index (χ2v) is 7.35. The molecule has 0 fully saturated rings. The average molecular weight is 393 g/mol. The van der Waals surface area contributed by atoms with Crippen LogP contribution in [0.25, 0.3) is 0 Å². The molecule has 3 nitrogen and oxygen atoms in total. The van der Waals surface area contributed by atoms with E-state index in [1.54, 1.807) is 0 Å². The Kier molecular flexibility index (Phi) is 6.27. The van der Waals surface area contributed by atoms with Gasteiger partial charge in [-0.05, 0) is 48.3 Å². The van der Waals surface area contributed by atoms with Gasteiger partial charge in [-0.2, -0.15) is 0 Å². The van der Waals surface area contributed by atoms with E-state index in [1.807, 2.05) is 72.9 Å². The third-order valence-corrected chi connectivity index (χ3v) is 5.17. The fourth-order valence-corrected chi connectivity index (χ4v) is 3.66. The number of carbonyl (C=O) groups is 1. The third kappa shape index (κ3) is 5.18. The first-order valence-electron chi connectivity index (χ1n) is 10.2. The molecule has 2 unspecified atom stereocenters. The van der Waals surface area contributed by atoms with Crippen LogP contribution in [0.3, 0.4) is 0 Å². The van der Waals surface area contributed by atoms with Crippen molar-refractivity contribution >= 4 is 6.03 Å². The van der Waals surface area contributed by atoms with Crippen molar-refractivity contribution < 1.29 is 4.79 Å². The highest BCUT2D eigenvalue weighted by molar-refractivity contribution is 5.76. The van der Waals surface area contributed by atoms with Crippen LogP contribution in [0, 0.1) is 0 Å². The van der Waals surface area contributed by atoms with Gasteiger partial charge in [0.1, 0.15) is 0 Å². The van der Waals surface area contributed by atoms with Crippen molar-refractivity contribution in [3.8, 4) is 0 Å². The van der Waals surface area contributed by atoms with Crippen molar-refractivity contribution in [1.82, 2.24) is 10.6 Å². The number of rotatable bonds is 8. The molecule has 30 heavy (non-hydrogen) atoms. The van der Waals surface area contributed by atoms with Gasteiger partial charge in [0.15, 0.2) is 0 Å². The molecule has 0 saturated carbocycles. The van der Waals surface area contributed by atoms with E-state index in [0.29, 0.717) is 12.8 Å². The van der Waals surface area contributed by atoms with Crippen LogP contribution < -0.4 is 10.6 Å². The number of urea groups is 1. The van der Waals surface area contributed by atoms with Crippen LogP contribution in [0.1, 0.15) is 11.1 Å². The first kappa shape index (κ1) is 19.5. The molecule has 2 aliphatic carbocycles. The number of allylic oxidation sites excluding steroid dienone is 2. The summed E-state index contributed by atoms with van der Waals surface area (Å²) in [4.78, 5) is 13.0. The third-order valence-electron chi connectivity index (χ3n) is 5.17. The summed E-state index contributed by atoms with van der Waals surface area (Å²) in [6, 6.07) is 19.9. The van der Waals surface area contributed by atoms with Crippen LogP contribution in [-0.2, 0) is 12.8 Å². The van der Waals surface area contributed by atoms with Crippen molar-refractivity contribution in [3.63, 3.8) is 0 Å². The van der Waals surface area contributed by atoms with Gasteiger partial charge < -0.3 is 10.6 Å². The minimum Gasteiger partial charge on any atom is -0.330 e. The van der Waals surface area contributed by atoms with Crippen molar-refractivity contribution in [2.24, 2.45) is 0 Å². The average Bonchev–Trinajstić information content (AvgIpc) is 3.49. The summed E-state index contributed by atoms with van der Waals surface area (Å²) in [7, 11) is 0. The van der Waals surface area contributed by atoms with E-state index in [9.17, 15) is 4.79 Å². The van der Waals surface area contributed by atoms with Crippen LogP contribution in [0.15, 0.2) is 120 Å². The molecule has 0 spiro atoms. The van der Waals surface area contributed by atoms with Crippen LogP contribution in [-0.4, -0.2) is 18.1 Å². The molecular weight excluding hydrogens is 368 g/mol. The largest absolute Gasteiger partial charge is 0.330 e. The van der Waals surface area contributed by atoms with E-state index in [-0.39, 0.29) is 18.1 Å². The Labute approximate surface area is 177 Å². The summed E-state index contributed by atoms with van der Waals surface area (Å²) in [6.45, 7) is 0. The van der Waals surface area contributed by atoms with Gasteiger partial charge >= 0.3 is 6.03 Å². The lowest BCUT2D eigenvalue weighted by atomic mass is 9.99. The monoisotopic (exact) mass is 392 g/mol. The van der Waals surface area contributed by atoms with Crippen LogP contribution in [0.2, 0.25) is 0 Å². The smallest absolute Gasteiger partial charge is 0.315 e. The molecule has 0 radical (unpaired) electrons. The molecule has 2 N–H and O–H groups in total. The molecule has 0 aromatic heterocycles. The molecule has 0 heterocycles. The van der Waals surface area contributed by atoms with Crippen molar-refractivity contribution in [1.29, 1.82) is 0 Å². The molecule has 2 aliphatic rings. The fraction of sp³-hybridized carbons (Fsp3) is 0.148. The topological polar surface area (TPSA) is 41.1 Å². The standard InChI is InChI=1S/C27H24N2O/c30-27(28-25(23-15-7-8-16-23)19-21-11-3-1-4-12-21)29-26(24-17-9-10-18-24)20-22-13-5-2-6-14-22/h1-15,17,25-26H,19-20H2,(H2,28,29,30). The zero-order chi connectivity index (χ0) is 20.6. The minimum absolute atomic E-state index is 0.150. The molecule has 4 rings (SSSR count). The van der Waals surface area contributed by atoms with Crippen LogP contribution in [0.5, 0.6) is 0 Å². The van der Waals surface area contributed by atoms with E-state index < -0.39 is 0 Å². The van der Waals surface area contributed by atoms with Crippen molar-refractivity contribution in [3.05, 3.63) is 131 Å². The molecule has 2 atom stereocenters. The normalized spacial score (nSPS) is 15.6. The van der Waals surface area contributed by atoms with E-state index in [1.165, 1.54) is 11.1 Å². The Morgan fingerprint density at radius 3 is 1.50 bits per heavy atom. The van der Waals surface area contributed by atoms with E-state index in [0.717, 1.165) is 11.1 Å². The molecular formula is C27H24N2O. The van der Waals surface area contributed by atoms with Gasteiger partial charge in [0.25, 0.3) is 0 Å². The summed E-state index contributed by atoms with van der Waals surface area (Å²) < 4.78 is 0. The Morgan fingerprint density at radius 2 is 1.13 bits per heavy atom. The molecule has 0 aliphatic heterocycles. The molecule has 2 amide bonds. The van der Waals surface area contributed by atoms with Crippen LogP contribution in [0.4, 0.5) is 4.79 Å². The highest BCUT2D eigenvalue weighted by Crippen LogP contribution is 2.16. The Morgan fingerprint density at radius 1 is 0.700 bits per heavy atom. The van der Waals surface area contributed by atoms with Gasteiger partial charge in [-0.25, -0.2) is 4.79 Å². The predicted molar refractivity (Wildman–Crippen MR) is 121 cm³/mol. The van der Waals surface area contributed by atoms with E-state index in [4.69, 9.17) is 0 Å². The number of amides is 2. The summed E-state index contributed by atoms with van der Waals surface area (Å²) >= 11 is 0. The van der Waals surface area contributed by atoms with E-state index in [2.05, 4.69) is 46.4 Å². The van der Waals surface area contributed by atoms with Crippen molar-refractivity contribution in [2.45, 2.75) is 24.9 Å². The SMILES string of the molecule is O=C(NC(Cc1ccccc1)C1=C=CC=C1)NC(Cc1ccccc1)C1=C=CC=C1. The maximum Gasteiger partial charge on any atom is 0.315 e. The van der Waals surface area contributed by atoms with Gasteiger partial charge in [-0.1, -0.05) is 72.8 Å². The molecule has 0 saturated heterocycles. The highest BCUT2D eigenvalue weighted by atomic mass is 16.2. The summed E-state index contributed by atoms with van der Waals surface area (Å²) in [5.41, 5.74) is 10.8. The quantitative estimate of drug-likeness (QED) is 0.622.